The van der Waals surface area contributed by atoms with Gasteiger partial charge in [0.1, 0.15) is 0 Å². The molecule has 0 atom stereocenters. The number of rotatable bonds is 2. The third kappa shape index (κ3) is 2.82. The molecule has 21 heavy (non-hydrogen) atoms. The summed E-state index contributed by atoms with van der Waals surface area (Å²) < 4.78 is 9.85. The molecule has 1 fully saturated rings. The van der Waals surface area contributed by atoms with E-state index in [0.717, 1.165) is 36.3 Å². The lowest BCUT2D eigenvalue weighted by atomic mass is 10.2. The number of methoxy groups -OCH3 is 1. The molecule has 112 valence electrons. The number of aryl methyl sites for hydroxylation is 1. The quantitative estimate of drug-likeness (QED) is 0.833. The predicted octanol–water partition coefficient (Wildman–Crippen LogP) is 1.42. The molecule has 0 unspecified atom stereocenters. The molecule has 0 spiro atoms. The fourth-order valence-electron chi connectivity index (χ4n) is 2.55. The fourth-order valence-corrected chi connectivity index (χ4v) is 2.55. The van der Waals surface area contributed by atoms with Gasteiger partial charge in [-0.2, -0.15) is 0 Å². The minimum atomic E-state index is -0.252. The number of nitrogens with zero attached hydrogens (tertiary/aromatic N) is 4. The summed E-state index contributed by atoms with van der Waals surface area (Å²) >= 11 is 0. The second kappa shape index (κ2) is 5.69. The van der Waals surface area contributed by atoms with Crippen molar-refractivity contribution in [2.45, 2.75) is 13.5 Å². The van der Waals surface area contributed by atoms with E-state index in [1.54, 1.807) is 4.90 Å². The van der Waals surface area contributed by atoms with Gasteiger partial charge >= 0.3 is 6.09 Å². The standard InChI is InChI=1S/C14H18N4O3/c1-10-12-7-11(8-15-13(12)21-16-10)9-17-3-5-18(6-4-17)14(19)20-2/h7-8H,3-6,9H2,1-2H3. The summed E-state index contributed by atoms with van der Waals surface area (Å²) in [5, 5.41) is 4.87. The Kier molecular flexibility index (Phi) is 3.74. The van der Waals surface area contributed by atoms with Crippen molar-refractivity contribution in [2.24, 2.45) is 0 Å². The highest BCUT2D eigenvalue weighted by Gasteiger charge is 2.21. The molecule has 1 amide bonds. The summed E-state index contributed by atoms with van der Waals surface area (Å²) in [7, 11) is 1.41. The van der Waals surface area contributed by atoms with E-state index in [1.807, 2.05) is 13.1 Å². The maximum absolute atomic E-state index is 11.4. The lowest BCUT2D eigenvalue weighted by Crippen LogP contribution is -2.48. The number of fused-ring (bicyclic) bond motifs is 1. The van der Waals surface area contributed by atoms with Crippen molar-refractivity contribution in [1.82, 2.24) is 19.9 Å². The summed E-state index contributed by atoms with van der Waals surface area (Å²) in [5.41, 5.74) is 2.56. The molecule has 7 heteroatoms. The van der Waals surface area contributed by atoms with Gasteiger partial charge in [-0.05, 0) is 18.6 Å². The van der Waals surface area contributed by atoms with Gasteiger partial charge in [0.2, 0.25) is 0 Å². The SMILES string of the molecule is COC(=O)N1CCN(Cc2cnc3onc(C)c3c2)CC1. The molecule has 1 aliphatic rings. The van der Waals surface area contributed by atoms with Crippen molar-refractivity contribution in [3.63, 3.8) is 0 Å². The highest BCUT2D eigenvalue weighted by Crippen LogP contribution is 2.18. The Hall–Kier alpha value is -2.15. The number of pyridine rings is 1. The molecule has 0 N–H and O–H groups in total. The van der Waals surface area contributed by atoms with Crippen LogP contribution in [0.15, 0.2) is 16.8 Å². The Morgan fingerprint density at radius 1 is 1.38 bits per heavy atom. The zero-order valence-corrected chi connectivity index (χ0v) is 12.2. The Bertz CT molecular complexity index is 647. The van der Waals surface area contributed by atoms with Crippen LogP contribution in [0.1, 0.15) is 11.3 Å². The maximum atomic E-state index is 11.4. The van der Waals surface area contributed by atoms with Crippen LogP contribution in [0, 0.1) is 6.92 Å². The van der Waals surface area contributed by atoms with Crippen LogP contribution in [0.2, 0.25) is 0 Å². The monoisotopic (exact) mass is 290 g/mol. The van der Waals surface area contributed by atoms with E-state index in [4.69, 9.17) is 9.26 Å². The number of aromatic nitrogens is 2. The predicted molar refractivity (Wildman–Crippen MR) is 75.8 cm³/mol. The number of ether oxygens (including phenoxy) is 1. The third-order valence-electron chi connectivity index (χ3n) is 3.78. The Balaban J connectivity index is 1.64. The molecule has 1 saturated heterocycles. The number of hydrogen-bond acceptors (Lipinski definition) is 6. The molecule has 3 rings (SSSR count). The molecular weight excluding hydrogens is 272 g/mol. The summed E-state index contributed by atoms with van der Waals surface area (Å²) in [5.74, 6) is 0. The van der Waals surface area contributed by atoms with E-state index in [0.29, 0.717) is 18.8 Å². The van der Waals surface area contributed by atoms with E-state index in [-0.39, 0.29) is 6.09 Å². The molecule has 2 aromatic rings. The second-order valence-electron chi connectivity index (χ2n) is 5.20. The van der Waals surface area contributed by atoms with Crippen LogP contribution in [0.25, 0.3) is 11.1 Å². The average molecular weight is 290 g/mol. The van der Waals surface area contributed by atoms with Gasteiger partial charge in [-0.25, -0.2) is 9.78 Å². The van der Waals surface area contributed by atoms with Crippen LogP contribution < -0.4 is 0 Å². The Labute approximate surface area is 122 Å². The molecule has 0 bridgehead atoms. The Morgan fingerprint density at radius 2 is 2.14 bits per heavy atom. The van der Waals surface area contributed by atoms with E-state index in [2.05, 4.69) is 21.1 Å². The molecule has 1 aliphatic heterocycles. The first-order valence-corrected chi connectivity index (χ1v) is 6.93. The highest BCUT2D eigenvalue weighted by molar-refractivity contribution is 5.75. The molecule has 3 heterocycles. The summed E-state index contributed by atoms with van der Waals surface area (Å²) in [6.45, 7) is 5.75. The lowest BCUT2D eigenvalue weighted by Gasteiger charge is -2.33. The van der Waals surface area contributed by atoms with Crippen molar-refractivity contribution in [3.8, 4) is 0 Å². The van der Waals surface area contributed by atoms with Gasteiger partial charge in [-0.3, -0.25) is 4.90 Å². The molecular formula is C14H18N4O3. The number of amides is 1. The van der Waals surface area contributed by atoms with Crippen LogP contribution in [-0.4, -0.2) is 59.3 Å². The molecule has 7 nitrogen and oxygen atoms in total. The van der Waals surface area contributed by atoms with Crippen molar-refractivity contribution in [3.05, 3.63) is 23.5 Å². The number of piperazine rings is 1. The summed E-state index contributed by atoms with van der Waals surface area (Å²) in [6, 6.07) is 2.07. The van der Waals surface area contributed by atoms with Crippen molar-refractivity contribution in [2.75, 3.05) is 33.3 Å². The molecule has 2 aromatic heterocycles. The second-order valence-corrected chi connectivity index (χ2v) is 5.20. The molecule has 0 saturated carbocycles. The van der Waals surface area contributed by atoms with Gasteiger partial charge in [0.05, 0.1) is 18.2 Å². The first kappa shape index (κ1) is 13.8. The maximum Gasteiger partial charge on any atom is 0.409 e. The van der Waals surface area contributed by atoms with Crippen molar-refractivity contribution in [1.29, 1.82) is 0 Å². The minimum absolute atomic E-state index is 0.252. The van der Waals surface area contributed by atoms with E-state index in [1.165, 1.54) is 7.11 Å². The first-order valence-electron chi connectivity index (χ1n) is 6.93. The smallest absolute Gasteiger partial charge is 0.409 e. The van der Waals surface area contributed by atoms with E-state index < -0.39 is 0 Å². The molecule has 0 aliphatic carbocycles. The minimum Gasteiger partial charge on any atom is -0.453 e. The first-order chi connectivity index (χ1) is 10.2. The lowest BCUT2D eigenvalue weighted by molar-refractivity contribution is 0.0889. The Morgan fingerprint density at radius 3 is 2.86 bits per heavy atom. The van der Waals surface area contributed by atoms with Gasteiger partial charge in [-0.15, -0.1) is 0 Å². The van der Waals surface area contributed by atoms with Crippen LogP contribution >= 0.6 is 0 Å². The normalized spacial score (nSPS) is 16.4. The number of hydrogen-bond donors (Lipinski definition) is 0. The van der Waals surface area contributed by atoms with E-state index in [9.17, 15) is 4.79 Å². The zero-order valence-electron chi connectivity index (χ0n) is 12.2. The van der Waals surface area contributed by atoms with E-state index >= 15 is 0 Å². The topological polar surface area (TPSA) is 71.7 Å². The van der Waals surface area contributed by atoms with Gasteiger partial charge in [0.25, 0.3) is 5.71 Å². The molecule has 0 radical (unpaired) electrons. The van der Waals surface area contributed by atoms with Gasteiger partial charge in [-0.1, -0.05) is 5.16 Å². The molecule has 0 aromatic carbocycles. The van der Waals surface area contributed by atoms with Crippen molar-refractivity contribution >= 4 is 17.2 Å². The summed E-state index contributed by atoms with van der Waals surface area (Å²) in [6.07, 6.45) is 1.57. The number of carbonyl (C=O) groups excluding carboxylic acids is 1. The van der Waals surface area contributed by atoms with Crippen molar-refractivity contribution < 1.29 is 14.1 Å². The number of carbonyl (C=O) groups is 1. The summed E-state index contributed by atoms with van der Waals surface area (Å²) in [4.78, 5) is 19.7. The highest BCUT2D eigenvalue weighted by atomic mass is 16.5. The van der Waals surface area contributed by atoms with Crippen LogP contribution in [-0.2, 0) is 11.3 Å². The van der Waals surface area contributed by atoms with Gasteiger partial charge in [0.15, 0.2) is 0 Å². The average Bonchev–Trinajstić information content (AvgIpc) is 2.88. The third-order valence-corrected chi connectivity index (χ3v) is 3.78. The van der Waals surface area contributed by atoms with Crippen LogP contribution in [0.5, 0.6) is 0 Å². The van der Waals surface area contributed by atoms with Gasteiger partial charge in [0, 0.05) is 38.9 Å². The zero-order chi connectivity index (χ0) is 14.8. The van der Waals surface area contributed by atoms with Crippen LogP contribution in [0.3, 0.4) is 0 Å². The van der Waals surface area contributed by atoms with Crippen LogP contribution in [0.4, 0.5) is 4.79 Å². The van der Waals surface area contributed by atoms with Gasteiger partial charge < -0.3 is 14.2 Å². The largest absolute Gasteiger partial charge is 0.453 e. The fraction of sp³-hybridized carbons (Fsp3) is 0.500.